The largest absolute Gasteiger partial charge is 0.469 e. The monoisotopic (exact) mass is 513 g/mol. The molecule has 0 bridgehead atoms. The van der Waals surface area contributed by atoms with E-state index in [9.17, 15) is 24.6 Å². The Morgan fingerprint density at radius 1 is 1.41 bits per heavy atom. The number of carbonyl (C=O) groups is 1. The summed E-state index contributed by atoms with van der Waals surface area (Å²) in [7, 11) is -4.74. The zero-order valence-corrected chi connectivity index (χ0v) is 20.0. The third-order valence-electron chi connectivity index (χ3n) is 4.49. The first kappa shape index (κ1) is 27.2. The zero-order valence-electron chi connectivity index (χ0n) is 18.2. The van der Waals surface area contributed by atoms with Gasteiger partial charge in [0.05, 0.1) is 18.1 Å². The molecule has 0 atom stereocenters. The minimum Gasteiger partial charge on any atom is -0.383 e. The number of rotatable bonds is 11. The van der Waals surface area contributed by atoms with Crippen LogP contribution in [0.4, 0.5) is 11.5 Å². The molecule has 2 aromatic rings. The van der Waals surface area contributed by atoms with Crippen LogP contribution in [0.3, 0.4) is 0 Å². The van der Waals surface area contributed by atoms with Crippen LogP contribution in [-0.2, 0) is 20.4 Å². The number of anilines is 1. The number of aryl methyl sites for hydroxylation is 1. The van der Waals surface area contributed by atoms with Gasteiger partial charge < -0.3 is 25.5 Å². The number of phosphoric acid groups is 1. The van der Waals surface area contributed by atoms with Crippen molar-refractivity contribution >= 4 is 42.1 Å². The molecule has 0 spiro atoms. The third-order valence-corrected chi connectivity index (χ3v) is 6.30. The summed E-state index contributed by atoms with van der Waals surface area (Å²) in [5.74, 6) is 0.638. The molecule has 5 N–H and O–H groups in total. The molecule has 0 aliphatic carbocycles. The number of allylic oxidation sites excluding steroid dienone is 1. The zero-order chi connectivity index (χ0) is 25.5. The number of non-ortho nitro benzene ring substituents is 1. The number of hydrogen-bond acceptors (Lipinski definition) is 8. The summed E-state index contributed by atoms with van der Waals surface area (Å²) < 4.78 is 15.6. The number of nitro benzene ring substituents is 1. The second-order valence-electron chi connectivity index (χ2n) is 6.91. The second kappa shape index (κ2) is 11.9. The SMILES string of the molecule is C/C(=C(CCOP(=O)(O)O)/[SH]=C(\O)c1cccc([N+](=O)[O-])c1)N(C=O)Cc1cnc(C)nc1N. The predicted octanol–water partition coefficient (Wildman–Crippen LogP) is 2.17. The first-order chi connectivity index (χ1) is 15.9. The van der Waals surface area contributed by atoms with Crippen LogP contribution in [0, 0.1) is 17.0 Å². The Labute approximate surface area is 198 Å². The van der Waals surface area contributed by atoms with E-state index in [1.807, 2.05) is 0 Å². The van der Waals surface area contributed by atoms with Gasteiger partial charge in [0, 0.05) is 46.5 Å². The number of phosphoric ester groups is 1. The molecule has 2 rings (SSSR count). The average Bonchev–Trinajstić information content (AvgIpc) is 2.76. The van der Waals surface area contributed by atoms with Crippen LogP contribution in [-0.4, -0.2) is 52.8 Å². The molecule has 1 aromatic carbocycles. The van der Waals surface area contributed by atoms with E-state index >= 15 is 0 Å². The Hall–Kier alpha value is -3.00. The molecule has 0 unspecified atom stereocenters. The molecule has 1 amide bonds. The van der Waals surface area contributed by atoms with Gasteiger partial charge in [-0.1, -0.05) is 12.1 Å². The topological polar surface area (TPSA) is 202 Å². The summed E-state index contributed by atoms with van der Waals surface area (Å²) in [6.45, 7) is 2.82. The van der Waals surface area contributed by atoms with Crippen LogP contribution in [0.2, 0.25) is 0 Å². The number of nitrogen functional groups attached to an aromatic ring is 1. The van der Waals surface area contributed by atoms with Crippen molar-refractivity contribution in [3.8, 4) is 0 Å². The predicted molar refractivity (Wildman–Crippen MR) is 127 cm³/mol. The maximum Gasteiger partial charge on any atom is 0.469 e. The molecule has 13 nitrogen and oxygen atoms in total. The highest BCUT2D eigenvalue weighted by molar-refractivity contribution is 8.02. The normalized spacial score (nSPS) is 13.0. The van der Waals surface area contributed by atoms with Crippen molar-refractivity contribution in [1.29, 1.82) is 0 Å². The summed E-state index contributed by atoms with van der Waals surface area (Å²) in [4.78, 5) is 50.0. The molecule has 0 radical (unpaired) electrons. The molecule has 34 heavy (non-hydrogen) atoms. The van der Waals surface area contributed by atoms with Gasteiger partial charge >= 0.3 is 7.82 Å². The lowest BCUT2D eigenvalue weighted by Gasteiger charge is -2.22. The van der Waals surface area contributed by atoms with Crippen molar-refractivity contribution in [2.24, 2.45) is 0 Å². The number of aliphatic hydroxyl groups is 1. The van der Waals surface area contributed by atoms with E-state index < -0.39 is 19.4 Å². The van der Waals surface area contributed by atoms with Gasteiger partial charge in [-0.2, -0.15) is 0 Å². The van der Waals surface area contributed by atoms with E-state index in [-0.39, 0.29) is 46.4 Å². The summed E-state index contributed by atoms with van der Waals surface area (Å²) in [6, 6.07) is 5.33. The van der Waals surface area contributed by atoms with Gasteiger partial charge in [0.25, 0.3) is 5.69 Å². The Morgan fingerprint density at radius 3 is 2.71 bits per heavy atom. The highest BCUT2D eigenvalue weighted by Crippen LogP contribution is 2.36. The lowest BCUT2D eigenvalue weighted by Crippen LogP contribution is -2.22. The summed E-state index contributed by atoms with van der Waals surface area (Å²) >= 11 is 0.147. The number of amides is 1. The first-order valence-electron chi connectivity index (χ1n) is 9.63. The molecule has 0 saturated heterocycles. The number of nitro groups is 1. The fourth-order valence-electron chi connectivity index (χ4n) is 2.75. The van der Waals surface area contributed by atoms with Crippen LogP contribution in [0.25, 0.3) is 0 Å². The number of carbonyl (C=O) groups excluding carboxylic acids is 1. The van der Waals surface area contributed by atoms with Gasteiger partial charge in [-0.05, 0) is 13.8 Å². The molecule has 184 valence electrons. The summed E-state index contributed by atoms with van der Waals surface area (Å²) in [5, 5.41) is 21.4. The molecule has 0 aliphatic heterocycles. The van der Waals surface area contributed by atoms with Crippen molar-refractivity contribution in [3.05, 3.63) is 68.1 Å². The number of nitrogens with zero attached hydrogens (tertiary/aromatic N) is 4. The highest BCUT2D eigenvalue weighted by Gasteiger charge is 2.17. The van der Waals surface area contributed by atoms with Crippen molar-refractivity contribution in [1.82, 2.24) is 14.9 Å². The number of hydrogen-bond donors (Lipinski definition) is 5. The minimum absolute atomic E-state index is 0.00259. The number of nitrogens with two attached hydrogens (primary N) is 1. The molecular weight excluding hydrogens is 489 g/mol. The molecular formula is C19H24N5O8PS. The number of benzene rings is 1. The lowest BCUT2D eigenvalue weighted by molar-refractivity contribution is -0.384. The molecule has 15 heteroatoms. The molecule has 0 aliphatic rings. The minimum atomic E-state index is -4.74. The van der Waals surface area contributed by atoms with Crippen molar-refractivity contribution in [2.75, 3.05) is 12.3 Å². The third kappa shape index (κ3) is 8.09. The van der Waals surface area contributed by atoms with Gasteiger partial charge in [0.15, 0.2) is 0 Å². The van der Waals surface area contributed by atoms with Crippen LogP contribution in [0.15, 0.2) is 41.1 Å². The van der Waals surface area contributed by atoms with E-state index in [0.29, 0.717) is 28.4 Å². The maximum atomic E-state index is 11.8. The quantitative estimate of drug-likeness (QED) is 0.0735. The van der Waals surface area contributed by atoms with Crippen molar-refractivity contribution in [3.63, 3.8) is 0 Å². The molecule has 0 fully saturated rings. The summed E-state index contributed by atoms with van der Waals surface area (Å²) in [6.07, 6.45) is 1.93. The molecule has 1 aromatic heterocycles. The molecule has 1 heterocycles. The summed E-state index contributed by atoms with van der Waals surface area (Å²) in [5.41, 5.74) is 6.67. The fourth-order valence-corrected chi connectivity index (χ4v) is 4.09. The van der Waals surface area contributed by atoms with Gasteiger partial charge in [-0.15, -0.1) is 11.4 Å². The van der Waals surface area contributed by atoms with E-state index in [2.05, 4.69) is 14.5 Å². The van der Waals surface area contributed by atoms with Crippen molar-refractivity contribution < 1.29 is 33.7 Å². The van der Waals surface area contributed by atoms with E-state index in [1.165, 1.54) is 35.4 Å². The van der Waals surface area contributed by atoms with Crippen LogP contribution in [0.5, 0.6) is 0 Å². The van der Waals surface area contributed by atoms with Crippen LogP contribution >= 0.6 is 19.2 Å². The van der Waals surface area contributed by atoms with Crippen LogP contribution < -0.4 is 5.73 Å². The van der Waals surface area contributed by atoms with Gasteiger partial charge in [0.1, 0.15) is 16.7 Å². The van der Waals surface area contributed by atoms with Gasteiger partial charge in [-0.25, -0.2) is 14.5 Å². The number of aliphatic hydroxyl groups excluding tert-OH is 1. The van der Waals surface area contributed by atoms with E-state index in [4.69, 9.17) is 15.5 Å². The number of thiol groups is 1. The van der Waals surface area contributed by atoms with E-state index in [1.54, 1.807) is 13.8 Å². The Bertz CT molecular complexity index is 1180. The van der Waals surface area contributed by atoms with Gasteiger partial charge in [-0.3, -0.25) is 19.4 Å². The highest BCUT2D eigenvalue weighted by atomic mass is 32.1. The standard InChI is InChI=1S/C19H24N5O8PS/c1-12(23(11-25)10-15-9-21-13(2)22-18(15)20)17(6-7-32-33(29,30)31)34-19(26)14-4-3-5-16(8-14)24(27)28/h3-5,8-9,11,26,34H,6-7,10H2,1-2H3,(H2,20,21,22)(H2,29,30,31)/b17-12-. The average molecular weight is 513 g/mol. The maximum absolute atomic E-state index is 11.8. The van der Waals surface area contributed by atoms with Crippen LogP contribution in [0.1, 0.15) is 30.3 Å². The second-order valence-corrected chi connectivity index (χ2v) is 9.34. The fraction of sp³-hybridized carbons (Fsp3) is 0.263. The molecule has 0 saturated carbocycles. The first-order valence-corrected chi connectivity index (χ1v) is 12.1. The smallest absolute Gasteiger partial charge is 0.383 e. The van der Waals surface area contributed by atoms with E-state index in [0.717, 1.165) is 0 Å². The lowest BCUT2D eigenvalue weighted by atomic mass is 10.2. The number of aromatic nitrogens is 2. The Balaban J connectivity index is 2.46. The Morgan fingerprint density at radius 2 is 2.12 bits per heavy atom. The Kier molecular flexibility index (Phi) is 9.55. The van der Waals surface area contributed by atoms with Crippen molar-refractivity contribution in [2.45, 2.75) is 26.8 Å². The van der Waals surface area contributed by atoms with Gasteiger partial charge in [0.2, 0.25) is 6.41 Å².